The number of amides is 1. The molecule has 0 N–H and O–H groups in total. The lowest BCUT2D eigenvalue weighted by Gasteiger charge is -2.35. The number of halogens is 1. The number of rotatable bonds is 4. The van der Waals surface area contributed by atoms with Crippen LogP contribution in [0.4, 0.5) is 0 Å². The van der Waals surface area contributed by atoms with Crippen LogP contribution in [-0.4, -0.2) is 42.7 Å². The first-order chi connectivity index (χ1) is 10.4. The van der Waals surface area contributed by atoms with Crippen molar-refractivity contribution in [2.75, 3.05) is 19.7 Å². The average molecular weight is 370 g/mol. The highest BCUT2D eigenvalue weighted by molar-refractivity contribution is 9.10. The van der Waals surface area contributed by atoms with Gasteiger partial charge >= 0.3 is 0 Å². The monoisotopic (exact) mass is 369 g/mol. The van der Waals surface area contributed by atoms with Crippen molar-refractivity contribution >= 4 is 21.8 Å². The minimum atomic E-state index is 0.00170. The Morgan fingerprint density at radius 3 is 2.55 bits per heavy atom. The van der Waals surface area contributed by atoms with E-state index in [0.29, 0.717) is 24.8 Å². The van der Waals surface area contributed by atoms with Gasteiger partial charge in [0.15, 0.2) is 6.61 Å². The van der Waals surface area contributed by atoms with Gasteiger partial charge in [-0.3, -0.25) is 4.79 Å². The van der Waals surface area contributed by atoms with Crippen LogP contribution >= 0.6 is 15.9 Å². The smallest absolute Gasteiger partial charge is 0.260 e. The second-order valence-electron chi connectivity index (χ2n) is 6.19. The predicted octanol–water partition coefficient (Wildman–Crippen LogP) is 3.59. The van der Waals surface area contributed by atoms with E-state index in [4.69, 9.17) is 9.47 Å². The van der Waals surface area contributed by atoms with Crippen LogP contribution in [0.2, 0.25) is 0 Å². The molecule has 0 aromatic heterocycles. The number of hydrogen-bond acceptors (Lipinski definition) is 3. The van der Waals surface area contributed by atoms with Crippen molar-refractivity contribution in [2.45, 2.75) is 45.8 Å². The van der Waals surface area contributed by atoms with Crippen molar-refractivity contribution < 1.29 is 14.3 Å². The van der Waals surface area contributed by atoms with Gasteiger partial charge in [0.05, 0.1) is 16.7 Å². The number of carbonyl (C=O) groups excluding carboxylic acids is 1. The van der Waals surface area contributed by atoms with Gasteiger partial charge in [0.25, 0.3) is 5.91 Å². The zero-order chi connectivity index (χ0) is 16.3. The molecule has 122 valence electrons. The maximum atomic E-state index is 12.3. The summed E-state index contributed by atoms with van der Waals surface area (Å²) >= 11 is 3.51. The summed E-state index contributed by atoms with van der Waals surface area (Å²) in [5.74, 6) is 1.16. The molecule has 22 heavy (non-hydrogen) atoms. The van der Waals surface area contributed by atoms with Gasteiger partial charge in [0, 0.05) is 13.1 Å². The predicted molar refractivity (Wildman–Crippen MR) is 90.3 cm³/mol. The molecule has 2 rings (SSSR count). The van der Waals surface area contributed by atoms with Gasteiger partial charge in [-0.1, -0.05) is 19.9 Å². The number of ether oxygens (including phenoxy) is 2. The molecule has 1 amide bonds. The summed E-state index contributed by atoms with van der Waals surface area (Å²) in [6.07, 6.45) is 0.148. The zero-order valence-corrected chi connectivity index (χ0v) is 15.2. The summed E-state index contributed by atoms with van der Waals surface area (Å²) in [5, 5.41) is 0. The summed E-state index contributed by atoms with van der Waals surface area (Å²) in [6.45, 7) is 9.56. The summed E-state index contributed by atoms with van der Waals surface area (Å²) in [5.41, 5.74) is 1.24. The number of morpholine rings is 1. The van der Waals surface area contributed by atoms with E-state index in [1.165, 1.54) is 5.56 Å². The third-order valence-electron chi connectivity index (χ3n) is 3.75. The first-order valence-corrected chi connectivity index (χ1v) is 8.51. The van der Waals surface area contributed by atoms with Crippen LogP contribution in [-0.2, 0) is 9.53 Å². The molecule has 4 nitrogen and oxygen atoms in total. The third-order valence-corrected chi connectivity index (χ3v) is 4.37. The number of carbonyl (C=O) groups is 1. The van der Waals surface area contributed by atoms with Gasteiger partial charge in [-0.05, 0) is 53.4 Å². The van der Waals surface area contributed by atoms with Gasteiger partial charge < -0.3 is 14.4 Å². The molecule has 0 aliphatic carbocycles. The van der Waals surface area contributed by atoms with E-state index in [-0.39, 0.29) is 24.7 Å². The van der Waals surface area contributed by atoms with Gasteiger partial charge in [0.2, 0.25) is 0 Å². The van der Waals surface area contributed by atoms with Gasteiger partial charge in [-0.15, -0.1) is 0 Å². The maximum absolute atomic E-state index is 12.3. The first-order valence-electron chi connectivity index (χ1n) is 7.72. The van der Waals surface area contributed by atoms with E-state index in [0.717, 1.165) is 4.47 Å². The standard InChI is InChI=1S/C17H24BrNO3/c1-11(2)14-5-6-16(15(18)7-14)21-10-17(20)19-8-12(3)22-13(4)9-19/h5-7,11-13H,8-10H2,1-4H3/t12-,13-/m1/s1. The Labute approximate surface area is 140 Å². The first kappa shape index (κ1) is 17.3. The normalized spacial score (nSPS) is 22.0. The Morgan fingerprint density at radius 2 is 2.00 bits per heavy atom. The molecule has 1 fully saturated rings. The SMILES string of the molecule is CC(C)c1ccc(OCC(=O)N2C[C@@H](C)O[C@H](C)C2)c(Br)c1. The van der Waals surface area contributed by atoms with E-state index in [9.17, 15) is 4.79 Å². The van der Waals surface area contributed by atoms with Gasteiger partial charge in [0.1, 0.15) is 5.75 Å². The topological polar surface area (TPSA) is 38.8 Å². The Hall–Kier alpha value is -1.07. The highest BCUT2D eigenvalue weighted by Crippen LogP contribution is 2.29. The molecule has 1 saturated heterocycles. The van der Waals surface area contributed by atoms with Crippen LogP contribution in [0.25, 0.3) is 0 Å². The summed E-state index contributed by atoms with van der Waals surface area (Å²) in [7, 11) is 0. The molecular weight excluding hydrogens is 346 g/mol. The van der Waals surface area contributed by atoms with Crippen molar-refractivity contribution in [3.8, 4) is 5.75 Å². The Bertz CT molecular complexity index is 523. The van der Waals surface area contributed by atoms with Crippen molar-refractivity contribution in [1.29, 1.82) is 0 Å². The number of nitrogens with zero attached hydrogens (tertiary/aromatic N) is 1. The molecule has 0 bridgehead atoms. The van der Waals surface area contributed by atoms with E-state index < -0.39 is 0 Å². The Kier molecular flexibility index (Phi) is 5.87. The third kappa shape index (κ3) is 4.46. The zero-order valence-electron chi connectivity index (χ0n) is 13.6. The molecule has 0 radical (unpaired) electrons. The fourth-order valence-corrected chi connectivity index (χ4v) is 3.12. The highest BCUT2D eigenvalue weighted by Gasteiger charge is 2.26. The molecule has 0 spiro atoms. The molecule has 1 heterocycles. The minimum Gasteiger partial charge on any atom is -0.483 e. The van der Waals surface area contributed by atoms with E-state index in [1.54, 1.807) is 0 Å². The van der Waals surface area contributed by atoms with Crippen LogP contribution in [0, 0.1) is 0 Å². The number of benzene rings is 1. The molecule has 1 aromatic rings. The fourth-order valence-electron chi connectivity index (χ4n) is 2.61. The molecule has 1 aromatic carbocycles. The largest absolute Gasteiger partial charge is 0.483 e. The molecular formula is C17H24BrNO3. The maximum Gasteiger partial charge on any atom is 0.260 e. The van der Waals surface area contributed by atoms with Crippen LogP contribution < -0.4 is 4.74 Å². The van der Waals surface area contributed by atoms with Crippen molar-refractivity contribution in [3.05, 3.63) is 28.2 Å². The van der Waals surface area contributed by atoms with Gasteiger partial charge in [-0.2, -0.15) is 0 Å². The minimum absolute atomic E-state index is 0.00170. The molecule has 1 aliphatic heterocycles. The second kappa shape index (κ2) is 7.47. The van der Waals surface area contributed by atoms with Crippen LogP contribution in [0.1, 0.15) is 39.2 Å². The quantitative estimate of drug-likeness (QED) is 0.813. The van der Waals surface area contributed by atoms with Gasteiger partial charge in [-0.25, -0.2) is 0 Å². The lowest BCUT2D eigenvalue weighted by Crippen LogP contribution is -2.49. The molecule has 1 aliphatic rings. The van der Waals surface area contributed by atoms with Crippen molar-refractivity contribution in [3.63, 3.8) is 0 Å². The summed E-state index contributed by atoms with van der Waals surface area (Å²) in [4.78, 5) is 14.1. The summed E-state index contributed by atoms with van der Waals surface area (Å²) in [6, 6.07) is 5.99. The van der Waals surface area contributed by atoms with Crippen LogP contribution in [0.15, 0.2) is 22.7 Å². The molecule has 0 saturated carbocycles. The Balaban J connectivity index is 1.93. The summed E-state index contributed by atoms with van der Waals surface area (Å²) < 4.78 is 12.2. The second-order valence-corrected chi connectivity index (χ2v) is 7.04. The van der Waals surface area contributed by atoms with Crippen molar-refractivity contribution in [1.82, 2.24) is 4.90 Å². The lowest BCUT2D eigenvalue weighted by atomic mass is 10.0. The van der Waals surface area contributed by atoms with E-state index >= 15 is 0 Å². The fraction of sp³-hybridized carbons (Fsp3) is 0.588. The molecule has 5 heteroatoms. The Morgan fingerprint density at radius 1 is 1.36 bits per heavy atom. The van der Waals surface area contributed by atoms with Crippen molar-refractivity contribution in [2.24, 2.45) is 0 Å². The average Bonchev–Trinajstić information content (AvgIpc) is 2.44. The molecule has 0 unspecified atom stereocenters. The van der Waals surface area contributed by atoms with Crippen LogP contribution in [0.3, 0.4) is 0 Å². The van der Waals surface area contributed by atoms with Crippen LogP contribution in [0.5, 0.6) is 5.75 Å². The molecule has 2 atom stereocenters. The van der Waals surface area contributed by atoms with E-state index in [2.05, 4.69) is 29.8 Å². The lowest BCUT2D eigenvalue weighted by molar-refractivity contribution is -0.145. The van der Waals surface area contributed by atoms with E-state index in [1.807, 2.05) is 36.9 Å². The number of hydrogen-bond donors (Lipinski definition) is 0. The highest BCUT2D eigenvalue weighted by atomic mass is 79.9.